The molecule has 0 heterocycles. The number of benzene rings is 6. The van der Waals surface area contributed by atoms with Crippen molar-refractivity contribution in [2.75, 3.05) is 42.7 Å². The van der Waals surface area contributed by atoms with Crippen molar-refractivity contribution >= 4 is 41.5 Å². The highest BCUT2D eigenvalue weighted by Gasteiger charge is 2.30. The van der Waals surface area contributed by atoms with Crippen LogP contribution >= 0.6 is 29.0 Å². The third kappa shape index (κ3) is 12.0. The molecule has 14 nitrogen and oxygen atoms in total. The fourth-order valence-corrected chi connectivity index (χ4v) is 9.98. The van der Waals surface area contributed by atoms with Crippen LogP contribution in [-0.4, -0.2) is 55.2 Å². The van der Waals surface area contributed by atoms with Crippen LogP contribution in [0.4, 0.5) is 0 Å². The second-order valence-corrected chi connectivity index (χ2v) is 17.1. The third-order valence-corrected chi connectivity index (χ3v) is 12.5. The van der Waals surface area contributed by atoms with Crippen LogP contribution in [0.15, 0.2) is 107 Å². The quantitative estimate of drug-likeness (QED) is 0.0470. The Morgan fingerprint density at radius 1 is 0.385 bits per heavy atom. The largest absolute Gasteiger partial charge is 0.530 e. The van der Waals surface area contributed by atoms with Crippen molar-refractivity contribution in [1.82, 2.24) is 0 Å². The Balaban J connectivity index is 1.42. The van der Waals surface area contributed by atoms with E-state index >= 15 is 0 Å². The van der Waals surface area contributed by atoms with Crippen molar-refractivity contribution < 1.29 is 65.2 Å². The van der Waals surface area contributed by atoms with Gasteiger partial charge in [0.15, 0.2) is 46.0 Å². The predicted molar refractivity (Wildman–Crippen MR) is 249 cm³/mol. The number of hydrogen-bond acceptors (Lipinski definition) is 15. The number of hydrogen-bond donors (Lipinski definition) is 0. The normalized spacial score (nSPS) is 10.8. The average Bonchev–Trinajstić information content (AvgIpc) is 3.31. The fourth-order valence-electron chi connectivity index (χ4n) is 6.28. The van der Waals surface area contributed by atoms with Crippen molar-refractivity contribution in [3.05, 3.63) is 130 Å². The van der Waals surface area contributed by atoms with Crippen LogP contribution in [0.25, 0.3) is 0 Å². The average molecular weight is 943 g/mol. The van der Waals surface area contributed by atoms with Gasteiger partial charge in [-0.2, -0.15) is 0 Å². The van der Waals surface area contributed by atoms with Crippen LogP contribution < -0.4 is 55.6 Å². The third-order valence-electron chi connectivity index (χ3n) is 9.40. The first-order valence-corrected chi connectivity index (χ1v) is 22.7. The van der Waals surface area contributed by atoms with E-state index in [1.54, 1.807) is 87.0 Å². The van der Waals surface area contributed by atoms with E-state index in [0.29, 0.717) is 79.5 Å². The predicted octanol–water partition coefficient (Wildman–Crippen LogP) is 12.3. The molecule has 0 spiro atoms. The van der Waals surface area contributed by atoms with Crippen molar-refractivity contribution in [2.24, 2.45) is 0 Å². The van der Waals surface area contributed by atoms with E-state index < -0.39 is 17.2 Å². The van der Waals surface area contributed by atoms with E-state index in [-0.39, 0.29) is 23.0 Å². The molecule has 0 aliphatic heterocycles. The zero-order chi connectivity index (χ0) is 46.6. The molecule has 0 aliphatic carbocycles. The van der Waals surface area contributed by atoms with Gasteiger partial charge in [0, 0.05) is 23.3 Å². The van der Waals surface area contributed by atoms with Gasteiger partial charge in [0.25, 0.3) is 0 Å². The minimum atomic E-state index is -2.35. The second kappa shape index (κ2) is 22.4. The molecule has 0 unspecified atom stereocenters. The SMILES string of the molecule is COc1ccc(OP(Oc2ccc(OC)cc2OC)Oc2c(C)cc(C)cc2Sc2cc(C)cc(C)c2OP(Oc2ccc(C=O)cc2OC)Oc2ccc(C=O)cc2OC)c(OC)c1. The molecule has 65 heavy (non-hydrogen) atoms. The Morgan fingerprint density at radius 2 is 0.723 bits per heavy atom. The maximum atomic E-state index is 11.6. The van der Waals surface area contributed by atoms with Crippen LogP contribution in [0, 0.1) is 27.7 Å². The summed E-state index contributed by atoms with van der Waals surface area (Å²) in [7, 11) is 4.50. The van der Waals surface area contributed by atoms with Crippen molar-refractivity contribution in [3.8, 4) is 69.0 Å². The lowest BCUT2D eigenvalue weighted by atomic mass is 10.1. The highest BCUT2D eigenvalue weighted by molar-refractivity contribution is 7.99. The Kier molecular flexibility index (Phi) is 16.5. The van der Waals surface area contributed by atoms with Gasteiger partial charge in [-0.3, -0.25) is 9.59 Å². The fraction of sp³-hybridized carbons (Fsp3) is 0.208. The van der Waals surface area contributed by atoms with Gasteiger partial charge in [-0.15, -0.1) is 0 Å². The van der Waals surface area contributed by atoms with E-state index in [1.807, 2.05) is 52.0 Å². The molecule has 0 saturated carbocycles. The smallest absolute Gasteiger partial charge is 0.497 e. The molecule has 0 N–H and O–H groups in total. The van der Waals surface area contributed by atoms with Crippen LogP contribution in [0.5, 0.6) is 69.0 Å². The minimum Gasteiger partial charge on any atom is -0.497 e. The van der Waals surface area contributed by atoms with Crippen molar-refractivity contribution in [1.29, 1.82) is 0 Å². The lowest BCUT2D eigenvalue weighted by Crippen LogP contribution is -2.07. The Bertz CT molecular complexity index is 2520. The topological polar surface area (TPSA) is 145 Å². The molecule has 17 heteroatoms. The van der Waals surface area contributed by atoms with Gasteiger partial charge in [0.1, 0.15) is 35.6 Å². The lowest BCUT2D eigenvalue weighted by Gasteiger charge is -2.24. The van der Waals surface area contributed by atoms with E-state index in [4.69, 9.17) is 55.6 Å². The monoisotopic (exact) mass is 942 g/mol. The standard InChI is InChI=1S/C48H48O14P2S/c1-29-19-31(3)47(61-63(57-37-15-11-33(27-49)23-41(37)53-7)58-38-16-12-34(28-50)24-42(38)54-8)45(21-29)65-46-22-30(2)20-32(4)48(46)62-64(59-39-17-13-35(51-5)25-43(39)55-9)60-40-18-14-36(52-6)26-44(40)56-10/h11-28H,1-10H3. The summed E-state index contributed by atoms with van der Waals surface area (Å²) in [5.74, 6) is 4.63. The summed E-state index contributed by atoms with van der Waals surface area (Å²) in [6, 6.07) is 27.8. The summed E-state index contributed by atoms with van der Waals surface area (Å²) < 4.78 is 72.8. The van der Waals surface area contributed by atoms with Gasteiger partial charge in [-0.05, 0) is 123 Å². The molecule has 0 fully saturated rings. The summed E-state index contributed by atoms with van der Waals surface area (Å²) >= 11 is 1.40. The number of rotatable bonds is 22. The molecular formula is C48H48O14P2S. The number of methoxy groups -OCH3 is 6. The molecule has 0 radical (unpaired) electrons. The molecule has 6 aromatic carbocycles. The van der Waals surface area contributed by atoms with E-state index in [1.165, 1.54) is 40.2 Å². The molecule has 340 valence electrons. The van der Waals surface area contributed by atoms with E-state index in [0.717, 1.165) is 22.3 Å². The summed E-state index contributed by atoms with van der Waals surface area (Å²) in [5, 5.41) is 0. The Labute approximate surface area is 384 Å². The summed E-state index contributed by atoms with van der Waals surface area (Å²) in [6.07, 6.45) is 1.42. The van der Waals surface area contributed by atoms with Gasteiger partial charge < -0.3 is 55.6 Å². The summed E-state index contributed by atoms with van der Waals surface area (Å²) in [6.45, 7) is 7.84. The maximum absolute atomic E-state index is 11.6. The molecule has 0 amide bonds. The van der Waals surface area contributed by atoms with Crippen LogP contribution in [0.1, 0.15) is 43.0 Å². The number of carbonyl (C=O) groups is 2. The second-order valence-electron chi connectivity index (χ2n) is 14.0. The number of ether oxygens (including phenoxy) is 6. The van der Waals surface area contributed by atoms with Gasteiger partial charge >= 0.3 is 17.2 Å². The maximum Gasteiger partial charge on any atom is 0.530 e. The minimum absolute atomic E-state index is 0.256. The first kappa shape index (κ1) is 47.9. The van der Waals surface area contributed by atoms with Gasteiger partial charge in [0.05, 0.1) is 52.4 Å². The molecular weight excluding hydrogens is 895 g/mol. The Morgan fingerprint density at radius 3 is 1.05 bits per heavy atom. The van der Waals surface area contributed by atoms with E-state index in [2.05, 4.69) is 0 Å². The molecule has 0 atom stereocenters. The Hall–Kier alpha value is -6.53. The van der Waals surface area contributed by atoms with Gasteiger partial charge in [-0.1, -0.05) is 23.9 Å². The highest BCUT2D eigenvalue weighted by atomic mass is 32.2. The number of carbonyl (C=O) groups excluding carboxylic acids is 2. The van der Waals surface area contributed by atoms with Crippen LogP contribution in [0.2, 0.25) is 0 Å². The van der Waals surface area contributed by atoms with Crippen molar-refractivity contribution in [3.63, 3.8) is 0 Å². The lowest BCUT2D eigenvalue weighted by molar-refractivity contribution is 0.111. The van der Waals surface area contributed by atoms with Crippen LogP contribution in [0.3, 0.4) is 0 Å². The first-order valence-electron chi connectivity index (χ1n) is 19.7. The molecule has 0 aliphatic rings. The molecule has 6 aromatic rings. The first-order chi connectivity index (χ1) is 31.4. The molecule has 0 bridgehead atoms. The van der Waals surface area contributed by atoms with Crippen molar-refractivity contribution in [2.45, 2.75) is 37.5 Å². The number of aldehydes is 2. The van der Waals surface area contributed by atoms with Gasteiger partial charge in [-0.25, -0.2) is 0 Å². The highest BCUT2D eigenvalue weighted by Crippen LogP contribution is 2.54. The van der Waals surface area contributed by atoms with E-state index in [9.17, 15) is 9.59 Å². The molecule has 6 rings (SSSR count). The zero-order valence-corrected chi connectivity index (χ0v) is 40.0. The zero-order valence-electron chi connectivity index (χ0n) is 37.4. The summed E-state index contributed by atoms with van der Waals surface area (Å²) in [5.41, 5.74) is 4.27. The van der Waals surface area contributed by atoms with Crippen LogP contribution in [-0.2, 0) is 0 Å². The summed E-state index contributed by atoms with van der Waals surface area (Å²) in [4.78, 5) is 24.7. The molecule has 0 saturated heterocycles. The molecule has 0 aromatic heterocycles. The van der Waals surface area contributed by atoms with Gasteiger partial charge in [0.2, 0.25) is 0 Å². The number of aryl methyl sites for hydroxylation is 4.